The zero-order valence-electron chi connectivity index (χ0n) is 9.99. The van der Waals surface area contributed by atoms with Crippen molar-refractivity contribution in [2.45, 2.75) is 13.3 Å². The van der Waals surface area contributed by atoms with E-state index in [0.29, 0.717) is 6.54 Å². The Morgan fingerprint density at radius 2 is 2.24 bits per heavy atom. The number of nitrogens with zero attached hydrogens (tertiary/aromatic N) is 2. The minimum Gasteiger partial charge on any atom is -0.337 e. The third-order valence-electron chi connectivity index (χ3n) is 3.13. The van der Waals surface area contributed by atoms with Crippen LogP contribution in [0, 0.1) is 5.82 Å². The number of carbonyl (C=O) groups excluding carboxylic acids is 1. The van der Waals surface area contributed by atoms with Crippen LogP contribution in [0.25, 0.3) is 0 Å². The minimum absolute atomic E-state index is 0.157. The summed E-state index contributed by atoms with van der Waals surface area (Å²) in [5.74, 6) is -0.549. The molecule has 1 aliphatic heterocycles. The summed E-state index contributed by atoms with van der Waals surface area (Å²) < 4.78 is 13.4. The van der Waals surface area contributed by atoms with Crippen molar-refractivity contribution in [1.82, 2.24) is 9.80 Å². The number of thiophene rings is 1. The molecule has 1 aliphatic rings. The lowest BCUT2D eigenvalue weighted by Gasteiger charge is -2.20. The maximum Gasteiger partial charge on any atom is 0.266 e. The molecule has 0 atom stereocenters. The van der Waals surface area contributed by atoms with E-state index >= 15 is 0 Å². The maximum atomic E-state index is 13.4. The van der Waals surface area contributed by atoms with Crippen LogP contribution in [0.4, 0.5) is 4.39 Å². The molecule has 17 heavy (non-hydrogen) atoms. The Morgan fingerprint density at radius 3 is 2.88 bits per heavy atom. The first-order valence-corrected chi connectivity index (χ1v) is 6.85. The lowest BCUT2D eigenvalue weighted by Crippen LogP contribution is -2.35. The molecule has 1 amide bonds. The first-order valence-electron chi connectivity index (χ1n) is 5.97. The van der Waals surface area contributed by atoms with Crippen molar-refractivity contribution in [3.05, 3.63) is 22.1 Å². The first-order chi connectivity index (χ1) is 8.22. The molecule has 94 valence electrons. The summed E-state index contributed by atoms with van der Waals surface area (Å²) in [7, 11) is 0. The van der Waals surface area contributed by atoms with Crippen molar-refractivity contribution in [1.29, 1.82) is 0 Å². The molecule has 0 saturated carbocycles. The zero-order valence-corrected chi connectivity index (χ0v) is 10.8. The third-order valence-corrected chi connectivity index (χ3v) is 4.01. The van der Waals surface area contributed by atoms with Gasteiger partial charge in [0.05, 0.1) is 0 Å². The highest BCUT2D eigenvalue weighted by atomic mass is 32.1. The number of hydrogen-bond acceptors (Lipinski definition) is 3. The Hall–Kier alpha value is -0.940. The lowest BCUT2D eigenvalue weighted by molar-refractivity contribution is 0.0762. The summed E-state index contributed by atoms with van der Waals surface area (Å²) in [5.41, 5.74) is 0. The van der Waals surface area contributed by atoms with Crippen LogP contribution in [0.15, 0.2) is 11.4 Å². The molecule has 0 aromatic carbocycles. The van der Waals surface area contributed by atoms with Gasteiger partial charge < -0.3 is 9.80 Å². The number of amides is 1. The smallest absolute Gasteiger partial charge is 0.266 e. The molecule has 0 N–H and O–H groups in total. The number of carbonyl (C=O) groups is 1. The predicted octanol–water partition coefficient (Wildman–Crippen LogP) is 2.06. The van der Waals surface area contributed by atoms with E-state index in [1.54, 1.807) is 10.3 Å². The highest BCUT2D eigenvalue weighted by molar-refractivity contribution is 7.12. The summed E-state index contributed by atoms with van der Waals surface area (Å²) >= 11 is 1.18. The standard InChI is InChI=1S/C12H17FN2OS/c1-2-14-5-3-6-15(8-7-14)12(16)11-10(13)4-9-17-11/h4,9H,2-3,5-8H2,1H3. The average molecular weight is 256 g/mol. The Morgan fingerprint density at radius 1 is 1.41 bits per heavy atom. The van der Waals surface area contributed by atoms with Gasteiger partial charge >= 0.3 is 0 Å². The zero-order chi connectivity index (χ0) is 12.3. The van der Waals surface area contributed by atoms with Gasteiger partial charge in [0.1, 0.15) is 10.7 Å². The summed E-state index contributed by atoms with van der Waals surface area (Å²) in [4.78, 5) is 16.4. The normalized spacial score (nSPS) is 18.1. The van der Waals surface area contributed by atoms with Gasteiger partial charge in [0.15, 0.2) is 0 Å². The fraction of sp³-hybridized carbons (Fsp3) is 0.583. The van der Waals surface area contributed by atoms with Crippen molar-refractivity contribution in [3.63, 3.8) is 0 Å². The Kier molecular flexibility index (Phi) is 4.12. The van der Waals surface area contributed by atoms with Gasteiger partial charge in [-0.05, 0) is 31.0 Å². The van der Waals surface area contributed by atoms with E-state index in [9.17, 15) is 9.18 Å². The molecule has 2 heterocycles. The maximum absolute atomic E-state index is 13.4. The number of hydrogen-bond donors (Lipinski definition) is 0. The molecule has 0 spiro atoms. The molecule has 1 aromatic rings. The number of halogens is 1. The van der Waals surface area contributed by atoms with Crippen LogP contribution in [0.5, 0.6) is 0 Å². The molecule has 1 fully saturated rings. The van der Waals surface area contributed by atoms with E-state index in [1.165, 1.54) is 17.4 Å². The second kappa shape index (κ2) is 5.60. The van der Waals surface area contributed by atoms with Gasteiger partial charge in [-0.25, -0.2) is 4.39 Å². The monoisotopic (exact) mass is 256 g/mol. The predicted molar refractivity (Wildman–Crippen MR) is 66.9 cm³/mol. The second-order valence-electron chi connectivity index (χ2n) is 4.18. The largest absolute Gasteiger partial charge is 0.337 e. The van der Waals surface area contributed by atoms with Crippen LogP contribution in [0.3, 0.4) is 0 Å². The first kappa shape index (κ1) is 12.5. The van der Waals surface area contributed by atoms with Crippen LogP contribution in [0.1, 0.15) is 23.0 Å². The van der Waals surface area contributed by atoms with E-state index in [1.807, 2.05) is 0 Å². The van der Waals surface area contributed by atoms with Crippen molar-refractivity contribution >= 4 is 17.2 Å². The van der Waals surface area contributed by atoms with E-state index in [2.05, 4.69) is 11.8 Å². The number of likely N-dealkylation sites (N-methyl/N-ethyl adjacent to an activating group) is 1. The van der Waals surface area contributed by atoms with Crippen LogP contribution in [-0.4, -0.2) is 48.4 Å². The van der Waals surface area contributed by atoms with Gasteiger partial charge in [0.2, 0.25) is 0 Å². The summed E-state index contributed by atoms with van der Waals surface area (Å²) in [6, 6.07) is 1.36. The quantitative estimate of drug-likeness (QED) is 0.808. The van der Waals surface area contributed by atoms with E-state index in [-0.39, 0.29) is 10.8 Å². The van der Waals surface area contributed by atoms with Crippen LogP contribution < -0.4 is 0 Å². The van der Waals surface area contributed by atoms with Crippen molar-refractivity contribution < 1.29 is 9.18 Å². The fourth-order valence-corrected chi connectivity index (χ4v) is 2.81. The summed E-state index contributed by atoms with van der Waals surface area (Å²) in [5, 5.41) is 1.62. The van der Waals surface area contributed by atoms with Gasteiger partial charge in [-0.15, -0.1) is 11.3 Å². The van der Waals surface area contributed by atoms with Gasteiger partial charge in [-0.3, -0.25) is 4.79 Å². The van der Waals surface area contributed by atoms with Crippen LogP contribution in [-0.2, 0) is 0 Å². The van der Waals surface area contributed by atoms with Crippen molar-refractivity contribution in [2.24, 2.45) is 0 Å². The van der Waals surface area contributed by atoms with Crippen LogP contribution >= 0.6 is 11.3 Å². The van der Waals surface area contributed by atoms with Crippen molar-refractivity contribution in [2.75, 3.05) is 32.7 Å². The highest BCUT2D eigenvalue weighted by Gasteiger charge is 2.22. The van der Waals surface area contributed by atoms with Gasteiger partial charge in [0.25, 0.3) is 5.91 Å². The van der Waals surface area contributed by atoms with E-state index in [0.717, 1.165) is 32.6 Å². The topological polar surface area (TPSA) is 23.6 Å². The van der Waals surface area contributed by atoms with Crippen molar-refractivity contribution in [3.8, 4) is 0 Å². The molecule has 5 heteroatoms. The fourth-order valence-electron chi connectivity index (χ4n) is 2.08. The highest BCUT2D eigenvalue weighted by Crippen LogP contribution is 2.18. The van der Waals surface area contributed by atoms with Crippen LogP contribution in [0.2, 0.25) is 0 Å². The summed E-state index contributed by atoms with van der Waals surface area (Å²) in [6.07, 6.45) is 0.965. The Labute approximate surface area is 105 Å². The SMILES string of the molecule is CCN1CCCN(C(=O)c2sccc2F)CC1. The molecular weight excluding hydrogens is 239 g/mol. The average Bonchev–Trinajstić information content (AvgIpc) is 2.64. The molecule has 0 radical (unpaired) electrons. The van der Waals surface area contributed by atoms with E-state index < -0.39 is 5.82 Å². The number of rotatable bonds is 2. The van der Waals surface area contributed by atoms with E-state index in [4.69, 9.17) is 0 Å². The molecule has 0 unspecified atom stereocenters. The van der Waals surface area contributed by atoms with Gasteiger partial charge in [-0.2, -0.15) is 0 Å². The Bertz CT molecular complexity index is 394. The lowest BCUT2D eigenvalue weighted by atomic mass is 10.3. The molecule has 3 nitrogen and oxygen atoms in total. The Balaban J connectivity index is 2.03. The molecular formula is C12H17FN2OS. The molecule has 1 aromatic heterocycles. The third kappa shape index (κ3) is 2.84. The molecule has 1 saturated heterocycles. The second-order valence-corrected chi connectivity index (χ2v) is 5.09. The van der Waals surface area contributed by atoms with Gasteiger partial charge in [0, 0.05) is 19.6 Å². The molecule has 0 bridgehead atoms. The summed E-state index contributed by atoms with van der Waals surface area (Å²) in [6.45, 7) is 6.46. The minimum atomic E-state index is -0.392. The molecule has 0 aliphatic carbocycles. The molecule has 2 rings (SSSR count). The van der Waals surface area contributed by atoms with Gasteiger partial charge in [-0.1, -0.05) is 6.92 Å².